The molecule has 0 aliphatic carbocycles. The first-order chi connectivity index (χ1) is 23.6. The first kappa shape index (κ1) is 46.4. The van der Waals surface area contributed by atoms with Crippen LogP contribution in [0, 0.1) is 0 Å². The maximum atomic E-state index is 12.5. The molecule has 1 unspecified atom stereocenters. The van der Waals surface area contributed by atoms with Gasteiger partial charge in [0.25, 0.3) is 0 Å². The Bertz CT molecular complexity index is 731. The molecule has 48 heavy (non-hydrogen) atoms. The summed E-state index contributed by atoms with van der Waals surface area (Å²) in [7, 11) is 0. The van der Waals surface area contributed by atoms with Crippen molar-refractivity contribution in [3.05, 3.63) is 24.3 Å². The molecule has 0 aromatic rings. The Morgan fingerprint density at radius 3 is 1.42 bits per heavy atom. The molecule has 0 bridgehead atoms. The Balaban J connectivity index is 3.97. The summed E-state index contributed by atoms with van der Waals surface area (Å²) in [5.74, 6) is -0.410. The molecular weight excluding hydrogens is 596 g/mol. The van der Waals surface area contributed by atoms with Gasteiger partial charge in [-0.05, 0) is 51.4 Å². The Kier molecular flexibility index (Phi) is 38.5. The van der Waals surface area contributed by atoms with Crippen molar-refractivity contribution in [3.8, 4) is 0 Å². The molecular formula is C43H80O5. The van der Waals surface area contributed by atoms with E-state index in [-0.39, 0.29) is 18.5 Å². The number of esters is 2. The highest BCUT2D eigenvalue weighted by molar-refractivity contribution is 5.70. The Morgan fingerprint density at radius 1 is 0.458 bits per heavy atom. The van der Waals surface area contributed by atoms with Gasteiger partial charge < -0.3 is 14.2 Å². The smallest absolute Gasteiger partial charge is 0.306 e. The van der Waals surface area contributed by atoms with E-state index in [0.717, 1.165) is 44.9 Å². The summed E-state index contributed by atoms with van der Waals surface area (Å²) in [6.07, 6.45) is 43.4. The van der Waals surface area contributed by atoms with E-state index < -0.39 is 6.10 Å². The van der Waals surface area contributed by atoms with E-state index in [9.17, 15) is 9.59 Å². The fourth-order valence-electron chi connectivity index (χ4n) is 5.83. The molecule has 0 spiro atoms. The number of carbonyl (C=O) groups excluding carboxylic acids is 2. The maximum Gasteiger partial charge on any atom is 0.306 e. The third-order valence-electron chi connectivity index (χ3n) is 8.99. The first-order valence-electron chi connectivity index (χ1n) is 20.9. The summed E-state index contributed by atoms with van der Waals surface area (Å²) in [4.78, 5) is 24.9. The second-order valence-corrected chi connectivity index (χ2v) is 13.9. The number of carbonyl (C=O) groups is 2. The van der Waals surface area contributed by atoms with Gasteiger partial charge in [-0.2, -0.15) is 0 Å². The van der Waals surface area contributed by atoms with Crippen LogP contribution in [0.3, 0.4) is 0 Å². The zero-order chi connectivity index (χ0) is 35.0. The van der Waals surface area contributed by atoms with Crippen LogP contribution in [0.4, 0.5) is 0 Å². The summed E-state index contributed by atoms with van der Waals surface area (Å²) < 4.78 is 17.1. The highest BCUT2D eigenvalue weighted by Gasteiger charge is 2.17. The predicted molar refractivity (Wildman–Crippen MR) is 205 cm³/mol. The molecule has 0 saturated heterocycles. The van der Waals surface area contributed by atoms with Crippen molar-refractivity contribution in [2.75, 3.05) is 19.8 Å². The van der Waals surface area contributed by atoms with Crippen molar-refractivity contribution in [1.82, 2.24) is 0 Å². The zero-order valence-electron chi connectivity index (χ0n) is 32.3. The number of hydrogen-bond acceptors (Lipinski definition) is 5. The van der Waals surface area contributed by atoms with Gasteiger partial charge in [0.2, 0.25) is 0 Å². The van der Waals surface area contributed by atoms with E-state index >= 15 is 0 Å². The van der Waals surface area contributed by atoms with E-state index in [1.165, 1.54) is 135 Å². The van der Waals surface area contributed by atoms with E-state index in [4.69, 9.17) is 14.2 Å². The first-order valence-corrected chi connectivity index (χ1v) is 20.9. The average molecular weight is 677 g/mol. The maximum absolute atomic E-state index is 12.5. The molecule has 5 nitrogen and oxygen atoms in total. The van der Waals surface area contributed by atoms with Crippen molar-refractivity contribution in [2.24, 2.45) is 0 Å². The number of rotatable bonds is 38. The molecule has 0 fully saturated rings. The van der Waals surface area contributed by atoms with Crippen molar-refractivity contribution in [1.29, 1.82) is 0 Å². The van der Waals surface area contributed by atoms with Gasteiger partial charge in [0.1, 0.15) is 6.61 Å². The van der Waals surface area contributed by atoms with Gasteiger partial charge in [-0.1, -0.05) is 173 Å². The second kappa shape index (κ2) is 39.8. The molecule has 5 heteroatoms. The van der Waals surface area contributed by atoms with Gasteiger partial charge in [-0.25, -0.2) is 0 Å². The topological polar surface area (TPSA) is 61.8 Å². The van der Waals surface area contributed by atoms with E-state index in [2.05, 4.69) is 45.1 Å². The number of allylic oxidation sites excluding steroid dienone is 4. The Hall–Kier alpha value is -1.62. The summed E-state index contributed by atoms with van der Waals surface area (Å²) >= 11 is 0. The second-order valence-electron chi connectivity index (χ2n) is 13.9. The standard InChI is InChI=1S/C43H80O5/c1-4-7-10-13-15-17-18-19-20-21-22-23-24-25-26-27-28-31-33-36-42(44)47-40-41(48-43(45)37-34-30-12-9-6-3)39-46-38-35-32-29-16-14-11-8-5-2/h15,17,19-20,41H,4-14,16,18,21-40H2,1-3H3/b17-15-,20-19-. The van der Waals surface area contributed by atoms with Crippen LogP contribution >= 0.6 is 0 Å². The molecule has 0 aliphatic rings. The van der Waals surface area contributed by atoms with Crippen molar-refractivity contribution < 1.29 is 23.8 Å². The minimum Gasteiger partial charge on any atom is -0.462 e. The molecule has 0 amide bonds. The highest BCUT2D eigenvalue weighted by Crippen LogP contribution is 2.13. The molecule has 0 radical (unpaired) electrons. The van der Waals surface area contributed by atoms with Crippen LogP contribution in [-0.2, 0) is 23.8 Å². The molecule has 1 atom stereocenters. The van der Waals surface area contributed by atoms with Gasteiger partial charge >= 0.3 is 11.9 Å². The van der Waals surface area contributed by atoms with Crippen LogP contribution in [-0.4, -0.2) is 37.9 Å². The number of unbranched alkanes of at least 4 members (excludes halogenated alkanes) is 23. The highest BCUT2D eigenvalue weighted by atomic mass is 16.6. The molecule has 0 aromatic heterocycles. The predicted octanol–water partition coefficient (Wildman–Crippen LogP) is 13.3. The molecule has 0 rings (SSSR count). The van der Waals surface area contributed by atoms with Gasteiger partial charge in [0.15, 0.2) is 6.10 Å². The summed E-state index contributed by atoms with van der Waals surface area (Å²) in [5.41, 5.74) is 0. The number of ether oxygens (including phenoxy) is 3. The fraction of sp³-hybridized carbons (Fsp3) is 0.860. The Morgan fingerprint density at radius 2 is 0.875 bits per heavy atom. The molecule has 282 valence electrons. The lowest BCUT2D eigenvalue weighted by Gasteiger charge is -2.18. The van der Waals surface area contributed by atoms with Crippen molar-refractivity contribution in [2.45, 2.75) is 219 Å². The van der Waals surface area contributed by atoms with Gasteiger partial charge in [0, 0.05) is 19.4 Å². The van der Waals surface area contributed by atoms with Crippen LogP contribution in [0.2, 0.25) is 0 Å². The van der Waals surface area contributed by atoms with E-state index in [0.29, 0.717) is 26.1 Å². The van der Waals surface area contributed by atoms with Crippen LogP contribution < -0.4 is 0 Å². The molecule has 0 saturated carbocycles. The van der Waals surface area contributed by atoms with Crippen molar-refractivity contribution >= 4 is 11.9 Å². The zero-order valence-corrected chi connectivity index (χ0v) is 32.3. The quantitative estimate of drug-likeness (QED) is 0.0370. The van der Waals surface area contributed by atoms with Crippen LogP contribution in [0.25, 0.3) is 0 Å². The number of hydrogen-bond donors (Lipinski definition) is 0. The average Bonchev–Trinajstić information content (AvgIpc) is 3.08. The van der Waals surface area contributed by atoms with E-state index in [1.807, 2.05) is 0 Å². The SMILES string of the molecule is CCCCC/C=C\C/C=C\CCCCCCCCCCCC(=O)OCC(COCCCCCCCCCC)OC(=O)CCCCCCC. The summed E-state index contributed by atoms with van der Waals surface area (Å²) in [6.45, 7) is 7.72. The fourth-order valence-corrected chi connectivity index (χ4v) is 5.83. The minimum absolute atomic E-state index is 0.0871. The molecule has 0 aliphatic heterocycles. The summed E-state index contributed by atoms with van der Waals surface area (Å²) in [5, 5.41) is 0. The van der Waals surface area contributed by atoms with E-state index in [1.54, 1.807) is 0 Å². The molecule has 0 N–H and O–H groups in total. The van der Waals surface area contributed by atoms with Crippen LogP contribution in [0.5, 0.6) is 0 Å². The van der Waals surface area contributed by atoms with Crippen LogP contribution in [0.15, 0.2) is 24.3 Å². The molecule has 0 aromatic carbocycles. The monoisotopic (exact) mass is 677 g/mol. The van der Waals surface area contributed by atoms with Gasteiger partial charge in [-0.3, -0.25) is 9.59 Å². The third-order valence-corrected chi connectivity index (χ3v) is 8.99. The third kappa shape index (κ3) is 37.2. The van der Waals surface area contributed by atoms with Gasteiger partial charge in [-0.15, -0.1) is 0 Å². The minimum atomic E-state index is -0.524. The lowest BCUT2D eigenvalue weighted by atomic mass is 10.1. The summed E-state index contributed by atoms with van der Waals surface area (Å²) in [6, 6.07) is 0. The Labute approximate surface area is 298 Å². The lowest BCUT2D eigenvalue weighted by Crippen LogP contribution is -2.30. The van der Waals surface area contributed by atoms with Crippen molar-refractivity contribution in [3.63, 3.8) is 0 Å². The molecule has 0 heterocycles. The lowest BCUT2D eigenvalue weighted by molar-refractivity contribution is -0.163. The normalized spacial score (nSPS) is 12.3. The van der Waals surface area contributed by atoms with Gasteiger partial charge in [0.05, 0.1) is 6.61 Å². The van der Waals surface area contributed by atoms with Crippen LogP contribution in [0.1, 0.15) is 213 Å². The largest absolute Gasteiger partial charge is 0.462 e.